The summed E-state index contributed by atoms with van der Waals surface area (Å²) in [6, 6.07) is 67.4. The van der Waals surface area contributed by atoms with E-state index in [1.54, 1.807) is 0 Å². The van der Waals surface area contributed by atoms with Crippen molar-refractivity contribution in [2.75, 3.05) is 0 Å². The minimum absolute atomic E-state index is 0.222. The Morgan fingerprint density at radius 3 is 1.54 bits per heavy atom. The molecule has 10 aromatic rings. The lowest BCUT2D eigenvalue weighted by Crippen LogP contribution is -2.40. The molecular formula is C55H37N3O. The summed E-state index contributed by atoms with van der Waals surface area (Å²) in [5, 5.41) is 2.16. The minimum Gasteiger partial charge on any atom is -0.456 e. The van der Waals surface area contributed by atoms with Gasteiger partial charge in [-0.25, -0.2) is 15.0 Å². The second-order valence-electron chi connectivity index (χ2n) is 16.3. The molecule has 8 aromatic carbocycles. The predicted molar refractivity (Wildman–Crippen MR) is 238 cm³/mol. The number of hydrogen-bond donors (Lipinski definition) is 0. The predicted octanol–water partition coefficient (Wildman–Crippen LogP) is 13.4. The standard InChI is InChI=1S/C55H37N3O/c1-54(2)45-21-11-12-22-46(45)55(43-19-9-6-16-39(43)40-17-7-10-20-44(40)55)47-31-29-37(32-48(47)54)34-24-26-36(27-25-34)52-56-51(35-14-4-3-5-15-35)57-53(58-52)38-28-30-42-41-18-8-13-23-49(41)59-50(42)33-38/h3-33H,1-2H3. The van der Waals surface area contributed by atoms with Crippen LogP contribution >= 0.6 is 0 Å². The van der Waals surface area contributed by atoms with Gasteiger partial charge in [0.15, 0.2) is 17.5 Å². The molecule has 0 fully saturated rings. The van der Waals surface area contributed by atoms with Gasteiger partial charge >= 0.3 is 0 Å². The van der Waals surface area contributed by atoms with Gasteiger partial charge in [0.25, 0.3) is 0 Å². The molecule has 4 heteroatoms. The van der Waals surface area contributed by atoms with Crippen LogP contribution < -0.4 is 0 Å². The number of rotatable bonds is 4. The Hall–Kier alpha value is -7.43. The molecule has 4 nitrogen and oxygen atoms in total. The topological polar surface area (TPSA) is 51.8 Å². The summed E-state index contributed by atoms with van der Waals surface area (Å²) in [7, 11) is 0. The first-order valence-electron chi connectivity index (χ1n) is 20.3. The van der Waals surface area contributed by atoms with E-state index in [2.05, 4.69) is 147 Å². The third-order valence-corrected chi connectivity index (χ3v) is 12.8. The summed E-state index contributed by atoms with van der Waals surface area (Å²) in [6.07, 6.45) is 0. The average molecular weight is 756 g/mol. The highest BCUT2D eigenvalue weighted by molar-refractivity contribution is 6.05. The summed E-state index contributed by atoms with van der Waals surface area (Å²) in [4.78, 5) is 15.1. The molecule has 0 saturated heterocycles. The Labute approximate surface area is 342 Å². The van der Waals surface area contributed by atoms with Crippen LogP contribution in [-0.4, -0.2) is 15.0 Å². The van der Waals surface area contributed by atoms with E-state index in [1.807, 2.05) is 54.6 Å². The molecule has 2 aliphatic carbocycles. The highest BCUT2D eigenvalue weighted by Crippen LogP contribution is 2.62. The zero-order valence-electron chi connectivity index (χ0n) is 32.6. The SMILES string of the molecule is CC1(C)c2ccccc2C2(c3ccccc3-c3ccccc32)c2ccc(-c3ccc(-c4nc(-c5ccccc5)nc(-c5ccc6c(c5)oc5ccccc56)n4)cc3)cc21. The van der Waals surface area contributed by atoms with Crippen LogP contribution in [0.25, 0.3) is 78.4 Å². The van der Waals surface area contributed by atoms with Gasteiger partial charge in [0.05, 0.1) is 5.41 Å². The molecule has 0 aliphatic heterocycles. The van der Waals surface area contributed by atoms with Crippen molar-refractivity contribution in [3.05, 3.63) is 221 Å². The van der Waals surface area contributed by atoms with E-state index >= 15 is 0 Å². The number of para-hydroxylation sites is 1. The first-order chi connectivity index (χ1) is 29.0. The first kappa shape index (κ1) is 33.7. The lowest BCUT2D eigenvalue weighted by atomic mass is 9.55. The third-order valence-electron chi connectivity index (χ3n) is 12.8. The summed E-state index contributed by atoms with van der Waals surface area (Å²) in [6.45, 7) is 4.76. The fourth-order valence-corrected chi connectivity index (χ4v) is 10.1. The van der Waals surface area contributed by atoms with Gasteiger partial charge in [0.2, 0.25) is 0 Å². The zero-order valence-corrected chi connectivity index (χ0v) is 32.6. The molecular weight excluding hydrogens is 719 g/mol. The molecule has 0 bridgehead atoms. The van der Waals surface area contributed by atoms with E-state index in [1.165, 1.54) is 50.1 Å². The van der Waals surface area contributed by atoms with Crippen molar-refractivity contribution in [3.8, 4) is 56.4 Å². The van der Waals surface area contributed by atoms with Crippen LogP contribution in [0.2, 0.25) is 0 Å². The van der Waals surface area contributed by atoms with Gasteiger partial charge in [-0.1, -0.05) is 178 Å². The number of nitrogens with zero attached hydrogens (tertiary/aromatic N) is 3. The Balaban J connectivity index is 0.976. The number of hydrogen-bond acceptors (Lipinski definition) is 4. The quantitative estimate of drug-likeness (QED) is 0.179. The van der Waals surface area contributed by atoms with Crippen molar-refractivity contribution in [2.45, 2.75) is 24.7 Å². The van der Waals surface area contributed by atoms with E-state index in [-0.39, 0.29) is 5.41 Å². The highest BCUT2D eigenvalue weighted by Gasteiger charge is 2.53. The van der Waals surface area contributed by atoms with Gasteiger partial charge in [0, 0.05) is 32.9 Å². The highest BCUT2D eigenvalue weighted by atomic mass is 16.3. The van der Waals surface area contributed by atoms with Gasteiger partial charge in [-0.05, 0) is 79.9 Å². The average Bonchev–Trinajstić information content (AvgIpc) is 3.82. The van der Waals surface area contributed by atoms with Gasteiger partial charge in [-0.15, -0.1) is 0 Å². The molecule has 0 atom stereocenters. The smallest absolute Gasteiger partial charge is 0.164 e. The molecule has 59 heavy (non-hydrogen) atoms. The Kier molecular flexibility index (Phi) is 7.16. The molecule has 1 spiro atoms. The lowest BCUT2D eigenvalue weighted by Gasteiger charge is -2.46. The van der Waals surface area contributed by atoms with Crippen LogP contribution in [0.1, 0.15) is 47.2 Å². The van der Waals surface area contributed by atoms with Crippen LogP contribution in [0.5, 0.6) is 0 Å². The Morgan fingerprint density at radius 1 is 0.339 bits per heavy atom. The molecule has 2 aromatic heterocycles. The first-order valence-corrected chi connectivity index (χ1v) is 20.3. The monoisotopic (exact) mass is 755 g/mol. The van der Waals surface area contributed by atoms with E-state index in [4.69, 9.17) is 19.4 Å². The van der Waals surface area contributed by atoms with Crippen molar-refractivity contribution < 1.29 is 4.42 Å². The van der Waals surface area contributed by atoms with E-state index in [0.29, 0.717) is 17.5 Å². The van der Waals surface area contributed by atoms with Crippen molar-refractivity contribution >= 4 is 21.9 Å². The van der Waals surface area contributed by atoms with Crippen molar-refractivity contribution in [2.24, 2.45) is 0 Å². The molecule has 2 heterocycles. The molecule has 0 unspecified atom stereocenters. The number of aromatic nitrogens is 3. The van der Waals surface area contributed by atoms with Gasteiger partial charge in [-0.3, -0.25) is 0 Å². The second-order valence-corrected chi connectivity index (χ2v) is 16.3. The molecule has 0 radical (unpaired) electrons. The van der Waals surface area contributed by atoms with Crippen LogP contribution in [0, 0.1) is 0 Å². The van der Waals surface area contributed by atoms with Crippen LogP contribution in [0.15, 0.2) is 192 Å². The van der Waals surface area contributed by atoms with Gasteiger partial charge in [-0.2, -0.15) is 0 Å². The van der Waals surface area contributed by atoms with E-state index in [0.717, 1.165) is 44.2 Å². The maximum Gasteiger partial charge on any atom is 0.164 e. The molecule has 0 amide bonds. The van der Waals surface area contributed by atoms with Gasteiger partial charge < -0.3 is 4.42 Å². The molecule has 0 saturated carbocycles. The molecule has 0 N–H and O–H groups in total. The fourth-order valence-electron chi connectivity index (χ4n) is 10.1. The van der Waals surface area contributed by atoms with Crippen molar-refractivity contribution in [3.63, 3.8) is 0 Å². The van der Waals surface area contributed by atoms with Gasteiger partial charge in [0.1, 0.15) is 11.2 Å². The minimum atomic E-state index is -0.404. The lowest BCUT2D eigenvalue weighted by molar-refractivity contribution is 0.563. The fraction of sp³-hybridized carbons (Fsp3) is 0.0727. The summed E-state index contributed by atoms with van der Waals surface area (Å²) < 4.78 is 6.25. The normalized spacial score (nSPS) is 14.2. The molecule has 278 valence electrons. The maximum absolute atomic E-state index is 6.25. The third kappa shape index (κ3) is 4.87. The summed E-state index contributed by atoms with van der Waals surface area (Å²) in [5.41, 5.74) is 16.9. The zero-order chi connectivity index (χ0) is 39.3. The van der Waals surface area contributed by atoms with Crippen molar-refractivity contribution in [1.82, 2.24) is 15.0 Å². The Morgan fingerprint density at radius 2 is 0.831 bits per heavy atom. The van der Waals surface area contributed by atoms with E-state index < -0.39 is 5.41 Å². The summed E-state index contributed by atoms with van der Waals surface area (Å²) >= 11 is 0. The van der Waals surface area contributed by atoms with E-state index in [9.17, 15) is 0 Å². The molecule has 12 rings (SSSR count). The number of benzene rings is 8. The van der Waals surface area contributed by atoms with Crippen LogP contribution in [0.4, 0.5) is 0 Å². The maximum atomic E-state index is 6.25. The largest absolute Gasteiger partial charge is 0.456 e. The summed E-state index contributed by atoms with van der Waals surface area (Å²) in [5.74, 6) is 1.84. The Bertz CT molecular complexity index is 3260. The second kappa shape index (κ2) is 12.5. The number of fused-ring (bicyclic) bond motifs is 12. The van der Waals surface area contributed by atoms with Crippen molar-refractivity contribution in [1.29, 1.82) is 0 Å². The molecule has 2 aliphatic rings. The number of furan rings is 1. The van der Waals surface area contributed by atoms with Crippen LogP contribution in [0.3, 0.4) is 0 Å². The van der Waals surface area contributed by atoms with Crippen LogP contribution in [-0.2, 0) is 10.8 Å².